The van der Waals surface area contributed by atoms with Crippen LogP contribution in [0.4, 0.5) is 0 Å². The zero-order chi connectivity index (χ0) is 11.1. The summed E-state index contributed by atoms with van der Waals surface area (Å²) in [6.07, 6.45) is 2.58. The summed E-state index contributed by atoms with van der Waals surface area (Å²) in [6.45, 7) is 4.10. The maximum Gasteiger partial charge on any atom is 0.243 e. The Morgan fingerprint density at radius 1 is 1.53 bits per heavy atom. The van der Waals surface area contributed by atoms with Crippen LogP contribution in [0.25, 0.3) is 0 Å². The average molecular weight is 216 g/mol. The highest BCUT2D eigenvalue weighted by atomic mass is 16.5. The van der Waals surface area contributed by atoms with E-state index < -0.39 is 5.91 Å². The molecular formula is C10H20N2O3. The molecule has 1 amide bonds. The molecule has 1 aliphatic rings. The number of nitrogens with two attached hydrogens (primary N) is 1. The van der Waals surface area contributed by atoms with Crippen LogP contribution in [0, 0.1) is 0 Å². The van der Waals surface area contributed by atoms with Crippen LogP contribution in [0.2, 0.25) is 0 Å². The van der Waals surface area contributed by atoms with E-state index in [1.165, 1.54) is 0 Å². The van der Waals surface area contributed by atoms with Gasteiger partial charge in [-0.15, -0.1) is 0 Å². The Morgan fingerprint density at radius 3 is 2.87 bits per heavy atom. The molecule has 1 saturated carbocycles. The zero-order valence-corrected chi connectivity index (χ0v) is 9.20. The number of carbonyl (C=O) groups excluding carboxylic acids is 1. The predicted molar refractivity (Wildman–Crippen MR) is 56.5 cm³/mol. The summed E-state index contributed by atoms with van der Waals surface area (Å²) in [5, 5.41) is 3.32. The summed E-state index contributed by atoms with van der Waals surface area (Å²) >= 11 is 0. The predicted octanol–water partition coefficient (Wildman–Crippen LogP) is -0.355. The Balaban J connectivity index is 1.84. The van der Waals surface area contributed by atoms with E-state index in [-0.39, 0.29) is 6.61 Å². The summed E-state index contributed by atoms with van der Waals surface area (Å²) in [7, 11) is 0. The van der Waals surface area contributed by atoms with Crippen molar-refractivity contribution in [1.29, 1.82) is 0 Å². The van der Waals surface area contributed by atoms with Gasteiger partial charge in [-0.1, -0.05) is 0 Å². The van der Waals surface area contributed by atoms with Gasteiger partial charge in [0.15, 0.2) is 0 Å². The first kappa shape index (κ1) is 12.4. The minimum atomic E-state index is -0.421. The minimum Gasteiger partial charge on any atom is -0.378 e. The van der Waals surface area contributed by atoms with Gasteiger partial charge in [0.2, 0.25) is 5.91 Å². The van der Waals surface area contributed by atoms with Crippen LogP contribution in [0.1, 0.15) is 19.8 Å². The normalized spacial score (nSPS) is 24.9. The monoisotopic (exact) mass is 216 g/mol. The molecule has 0 bridgehead atoms. The number of hydrogen-bond donors (Lipinski definition) is 2. The van der Waals surface area contributed by atoms with Gasteiger partial charge in [-0.25, -0.2) is 0 Å². The third-order valence-electron chi connectivity index (χ3n) is 2.42. The Bertz CT molecular complexity index is 193. The van der Waals surface area contributed by atoms with E-state index in [1.54, 1.807) is 0 Å². The number of hydrogen-bond acceptors (Lipinski definition) is 4. The van der Waals surface area contributed by atoms with Gasteiger partial charge in [-0.3, -0.25) is 4.79 Å². The van der Waals surface area contributed by atoms with E-state index in [0.29, 0.717) is 18.8 Å². The lowest BCUT2D eigenvalue weighted by Gasteiger charge is -2.35. The van der Waals surface area contributed by atoms with Crippen molar-refractivity contribution >= 4 is 5.91 Å². The minimum absolute atomic E-state index is 0.00785. The molecule has 0 aromatic carbocycles. The van der Waals surface area contributed by atoms with Crippen molar-refractivity contribution in [1.82, 2.24) is 5.32 Å². The van der Waals surface area contributed by atoms with Gasteiger partial charge in [-0.05, 0) is 19.8 Å². The van der Waals surface area contributed by atoms with Crippen molar-refractivity contribution in [3.63, 3.8) is 0 Å². The Morgan fingerprint density at radius 2 is 2.27 bits per heavy atom. The molecule has 0 radical (unpaired) electrons. The SMILES string of the molecule is CCOC1CC(NCCOCC(N)=O)C1. The molecule has 0 heterocycles. The van der Waals surface area contributed by atoms with E-state index >= 15 is 0 Å². The molecule has 1 aliphatic carbocycles. The van der Waals surface area contributed by atoms with Crippen molar-refractivity contribution in [2.75, 3.05) is 26.4 Å². The van der Waals surface area contributed by atoms with Crippen molar-refractivity contribution in [3.8, 4) is 0 Å². The van der Waals surface area contributed by atoms with Crippen LogP contribution in [0.15, 0.2) is 0 Å². The summed E-state index contributed by atoms with van der Waals surface area (Å²) < 4.78 is 10.5. The zero-order valence-electron chi connectivity index (χ0n) is 9.20. The van der Waals surface area contributed by atoms with Gasteiger partial charge >= 0.3 is 0 Å². The third kappa shape index (κ3) is 5.11. The summed E-state index contributed by atoms with van der Waals surface area (Å²) in [4.78, 5) is 10.3. The smallest absolute Gasteiger partial charge is 0.243 e. The highest BCUT2D eigenvalue weighted by molar-refractivity contribution is 5.74. The second-order valence-corrected chi connectivity index (χ2v) is 3.72. The van der Waals surface area contributed by atoms with Crippen molar-refractivity contribution in [2.24, 2.45) is 5.73 Å². The number of amides is 1. The molecule has 88 valence electrons. The first-order valence-corrected chi connectivity index (χ1v) is 5.43. The van der Waals surface area contributed by atoms with Crippen LogP contribution in [-0.2, 0) is 14.3 Å². The van der Waals surface area contributed by atoms with Crippen LogP contribution in [-0.4, -0.2) is 44.4 Å². The van der Waals surface area contributed by atoms with Gasteiger partial charge in [0.25, 0.3) is 0 Å². The maximum absolute atomic E-state index is 10.3. The van der Waals surface area contributed by atoms with Gasteiger partial charge < -0.3 is 20.5 Å². The van der Waals surface area contributed by atoms with E-state index in [0.717, 1.165) is 26.0 Å². The first-order chi connectivity index (χ1) is 7.22. The molecule has 0 spiro atoms. The molecule has 0 unspecified atom stereocenters. The van der Waals surface area contributed by atoms with E-state index in [9.17, 15) is 4.79 Å². The Kier molecular flexibility index (Phi) is 5.60. The number of rotatable bonds is 8. The number of nitrogens with one attached hydrogen (secondary N) is 1. The molecular weight excluding hydrogens is 196 g/mol. The third-order valence-corrected chi connectivity index (χ3v) is 2.42. The van der Waals surface area contributed by atoms with Crippen LogP contribution in [0.5, 0.6) is 0 Å². The largest absolute Gasteiger partial charge is 0.378 e. The van der Waals surface area contributed by atoms with Crippen molar-refractivity contribution < 1.29 is 14.3 Å². The lowest BCUT2D eigenvalue weighted by Crippen LogP contribution is -2.46. The highest BCUT2D eigenvalue weighted by Gasteiger charge is 2.28. The Hall–Kier alpha value is -0.650. The van der Waals surface area contributed by atoms with Crippen molar-refractivity contribution in [2.45, 2.75) is 31.9 Å². The van der Waals surface area contributed by atoms with Gasteiger partial charge in [0, 0.05) is 19.2 Å². The first-order valence-electron chi connectivity index (χ1n) is 5.43. The Labute approximate surface area is 90.3 Å². The second kappa shape index (κ2) is 6.76. The van der Waals surface area contributed by atoms with Crippen molar-refractivity contribution in [3.05, 3.63) is 0 Å². The molecule has 5 heteroatoms. The lowest BCUT2D eigenvalue weighted by atomic mass is 9.89. The molecule has 0 aromatic rings. The highest BCUT2D eigenvalue weighted by Crippen LogP contribution is 2.22. The number of ether oxygens (including phenoxy) is 2. The van der Waals surface area contributed by atoms with E-state index in [2.05, 4.69) is 5.32 Å². The molecule has 5 nitrogen and oxygen atoms in total. The van der Waals surface area contributed by atoms with Crippen LogP contribution < -0.4 is 11.1 Å². The number of primary amides is 1. The van der Waals surface area contributed by atoms with Gasteiger partial charge in [0.1, 0.15) is 6.61 Å². The summed E-state index contributed by atoms with van der Waals surface area (Å²) in [5.74, 6) is -0.421. The van der Waals surface area contributed by atoms with Crippen LogP contribution in [0.3, 0.4) is 0 Å². The maximum atomic E-state index is 10.3. The van der Waals surface area contributed by atoms with E-state index in [4.69, 9.17) is 15.2 Å². The molecule has 15 heavy (non-hydrogen) atoms. The molecule has 1 fully saturated rings. The average Bonchev–Trinajstić information content (AvgIpc) is 2.12. The standard InChI is InChI=1S/C10H20N2O3/c1-2-15-9-5-8(6-9)12-3-4-14-7-10(11)13/h8-9,12H,2-7H2,1H3,(H2,11,13). The lowest BCUT2D eigenvalue weighted by molar-refractivity contribution is -0.122. The summed E-state index contributed by atoms with van der Waals surface area (Å²) in [5.41, 5.74) is 4.92. The molecule has 0 atom stereocenters. The number of carbonyl (C=O) groups is 1. The summed E-state index contributed by atoms with van der Waals surface area (Å²) in [6, 6.07) is 0.540. The van der Waals surface area contributed by atoms with Gasteiger partial charge in [0.05, 0.1) is 12.7 Å². The fourth-order valence-corrected chi connectivity index (χ4v) is 1.61. The second-order valence-electron chi connectivity index (χ2n) is 3.72. The fraction of sp³-hybridized carbons (Fsp3) is 0.900. The topological polar surface area (TPSA) is 73.6 Å². The van der Waals surface area contributed by atoms with Crippen LogP contribution >= 0.6 is 0 Å². The fourth-order valence-electron chi connectivity index (χ4n) is 1.61. The molecule has 1 rings (SSSR count). The molecule has 0 saturated heterocycles. The quantitative estimate of drug-likeness (QED) is 0.544. The van der Waals surface area contributed by atoms with Gasteiger partial charge in [-0.2, -0.15) is 0 Å². The molecule has 3 N–H and O–H groups in total. The van der Waals surface area contributed by atoms with E-state index in [1.807, 2.05) is 6.92 Å². The molecule has 0 aliphatic heterocycles. The molecule has 0 aromatic heterocycles.